The van der Waals surface area contributed by atoms with E-state index in [0.717, 1.165) is 5.56 Å². The zero-order valence-electron chi connectivity index (χ0n) is 13.4. The average Bonchev–Trinajstić information content (AvgIpc) is 2.59. The van der Waals surface area contributed by atoms with Crippen LogP contribution in [-0.4, -0.2) is 19.3 Å². The maximum atomic E-state index is 9.73. The Morgan fingerprint density at radius 3 is 2.09 bits per heavy atom. The summed E-state index contributed by atoms with van der Waals surface area (Å²) in [7, 11) is 3.07. The normalized spacial score (nSPS) is 11.4. The summed E-state index contributed by atoms with van der Waals surface area (Å²) in [5.74, 6) is 1.46. The lowest BCUT2D eigenvalue weighted by Crippen LogP contribution is -2.02. The van der Waals surface area contributed by atoms with Crippen molar-refractivity contribution in [3.8, 4) is 23.3 Å². The van der Waals surface area contributed by atoms with E-state index in [0.29, 0.717) is 35.0 Å². The Bertz CT molecular complexity index is 677. The number of hydrogen-bond acceptors (Lipinski definition) is 5. The highest BCUT2D eigenvalue weighted by Gasteiger charge is 2.16. The van der Waals surface area contributed by atoms with Crippen molar-refractivity contribution in [3.63, 3.8) is 0 Å². The number of nitriles is 1. The fraction of sp³-hybridized carbons (Fsp3) is 0.278. The molecule has 0 heterocycles. The zero-order valence-corrected chi connectivity index (χ0v) is 13.4. The number of benzene rings is 2. The Balaban J connectivity index is 2.25. The smallest absolute Gasteiger partial charge is 0.203 e. The highest BCUT2D eigenvalue weighted by molar-refractivity contribution is 5.54. The minimum absolute atomic E-state index is 0.312. The molecule has 0 amide bonds. The number of rotatable bonds is 6. The summed E-state index contributed by atoms with van der Waals surface area (Å²) in [5.41, 5.74) is 2.21. The molecule has 2 aromatic rings. The third-order valence-electron chi connectivity index (χ3n) is 3.43. The van der Waals surface area contributed by atoms with Gasteiger partial charge in [-0.3, -0.25) is 0 Å². The third-order valence-corrected chi connectivity index (χ3v) is 3.43. The molecule has 0 spiro atoms. The van der Waals surface area contributed by atoms with Crippen LogP contribution in [0.4, 0.5) is 0 Å². The lowest BCUT2D eigenvalue weighted by Gasteiger charge is -2.17. The van der Waals surface area contributed by atoms with E-state index >= 15 is 0 Å². The monoisotopic (exact) mass is 313 g/mol. The molecule has 2 rings (SSSR count). The van der Waals surface area contributed by atoms with Gasteiger partial charge in [0.25, 0.3) is 0 Å². The average molecular weight is 313 g/mol. The van der Waals surface area contributed by atoms with Crippen LogP contribution in [0.1, 0.15) is 29.7 Å². The summed E-state index contributed by atoms with van der Waals surface area (Å²) in [5, 5.41) is 18.5. The molecule has 5 nitrogen and oxygen atoms in total. The molecule has 23 heavy (non-hydrogen) atoms. The molecule has 0 aliphatic carbocycles. The zero-order chi connectivity index (χ0) is 16.8. The highest BCUT2D eigenvalue weighted by Crippen LogP contribution is 2.40. The second-order valence-corrected chi connectivity index (χ2v) is 5.03. The van der Waals surface area contributed by atoms with E-state index in [1.54, 1.807) is 31.2 Å². The summed E-state index contributed by atoms with van der Waals surface area (Å²) in [6, 6.07) is 12.7. The second-order valence-electron chi connectivity index (χ2n) is 5.03. The maximum Gasteiger partial charge on any atom is 0.203 e. The van der Waals surface area contributed by atoms with E-state index in [1.807, 2.05) is 12.1 Å². The first-order chi connectivity index (χ1) is 11.1. The van der Waals surface area contributed by atoms with Crippen LogP contribution in [0.2, 0.25) is 0 Å². The number of ether oxygens (including phenoxy) is 3. The van der Waals surface area contributed by atoms with Gasteiger partial charge < -0.3 is 19.3 Å². The first-order valence-electron chi connectivity index (χ1n) is 7.14. The summed E-state index contributed by atoms with van der Waals surface area (Å²) in [6.45, 7) is 1.98. The van der Waals surface area contributed by atoms with Gasteiger partial charge in [0, 0.05) is 0 Å². The topological polar surface area (TPSA) is 71.7 Å². The minimum atomic E-state index is -0.634. The van der Waals surface area contributed by atoms with Gasteiger partial charge in [0.2, 0.25) is 5.75 Å². The molecule has 0 aromatic heterocycles. The van der Waals surface area contributed by atoms with Gasteiger partial charge in [-0.25, -0.2) is 0 Å². The lowest BCUT2D eigenvalue weighted by molar-refractivity contribution is 0.197. The van der Waals surface area contributed by atoms with E-state index in [-0.39, 0.29) is 0 Å². The van der Waals surface area contributed by atoms with E-state index in [9.17, 15) is 5.11 Å². The van der Waals surface area contributed by atoms with Gasteiger partial charge >= 0.3 is 0 Å². The van der Waals surface area contributed by atoms with Crippen LogP contribution < -0.4 is 14.2 Å². The van der Waals surface area contributed by atoms with Crippen LogP contribution in [-0.2, 0) is 6.61 Å². The molecule has 1 atom stereocenters. The first kappa shape index (κ1) is 16.7. The molecule has 0 bridgehead atoms. The largest absolute Gasteiger partial charge is 0.493 e. The Labute approximate surface area is 135 Å². The maximum absolute atomic E-state index is 9.73. The number of aliphatic hydroxyl groups excluding tert-OH is 1. The molecule has 0 saturated heterocycles. The van der Waals surface area contributed by atoms with E-state index in [1.165, 1.54) is 14.2 Å². The summed E-state index contributed by atoms with van der Waals surface area (Å²) < 4.78 is 16.5. The van der Waals surface area contributed by atoms with Gasteiger partial charge in [-0.2, -0.15) is 5.26 Å². The van der Waals surface area contributed by atoms with Crippen molar-refractivity contribution in [2.45, 2.75) is 19.6 Å². The fourth-order valence-corrected chi connectivity index (χ4v) is 2.11. The summed E-state index contributed by atoms with van der Waals surface area (Å²) in [6.07, 6.45) is -0.634. The summed E-state index contributed by atoms with van der Waals surface area (Å²) in [4.78, 5) is 0. The molecule has 0 saturated carbocycles. The SMILES string of the molecule is COc1cc(C(C)O)cc(OC)c1OCc1ccc(C#N)cc1. The van der Waals surface area contributed by atoms with Crippen molar-refractivity contribution in [2.75, 3.05) is 14.2 Å². The number of nitrogens with zero attached hydrogens (tertiary/aromatic N) is 1. The predicted molar refractivity (Wildman–Crippen MR) is 85.7 cm³/mol. The number of hydrogen-bond donors (Lipinski definition) is 1. The van der Waals surface area contributed by atoms with Gasteiger partial charge in [-0.15, -0.1) is 0 Å². The van der Waals surface area contributed by atoms with Gasteiger partial charge in [0.15, 0.2) is 11.5 Å². The molecule has 1 N–H and O–H groups in total. The molecule has 2 aromatic carbocycles. The van der Waals surface area contributed by atoms with Crippen molar-refractivity contribution in [2.24, 2.45) is 0 Å². The van der Waals surface area contributed by atoms with Crippen LogP contribution in [0.5, 0.6) is 17.2 Å². The summed E-state index contributed by atoms with van der Waals surface area (Å²) >= 11 is 0. The van der Waals surface area contributed by atoms with E-state index in [4.69, 9.17) is 19.5 Å². The van der Waals surface area contributed by atoms with Crippen molar-refractivity contribution >= 4 is 0 Å². The predicted octanol–water partition coefficient (Wildman–Crippen LogP) is 3.21. The van der Waals surface area contributed by atoms with Crippen molar-refractivity contribution in [1.82, 2.24) is 0 Å². The number of methoxy groups -OCH3 is 2. The Morgan fingerprint density at radius 1 is 1.09 bits per heavy atom. The van der Waals surface area contributed by atoms with Crippen LogP contribution in [0.25, 0.3) is 0 Å². The minimum Gasteiger partial charge on any atom is -0.493 e. The van der Waals surface area contributed by atoms with Crippen molar-refractivity contribution in [1.29, 1.82) is 5.26 Å². The van der Waals surface area contributed by atoms with Gasteiger partial charge in [0.1, 0.15) is 6.61 Å². The molecule has 0 fully saturated rings. The Morgan fingerprint density at radius 2 is 1.65 bits per heavy atom. The van der Waals surface area contributed by atoms with E-state index in [2.05, 4.69) is 6.07 Å². The molecular formula is C18H19NO4. The van der Waals surface area contributed by atoms with Crippen molar-refractivity contribution in [3.05, 3.63) is 53.1 Å². The Hall–Kier alpha value is -2.71. The lowest BCUT2D eigenvalue weighted by atomic mass is 10.1. The standard InChI is InChI=1S/C18H19NO4/c1-12(20)15-8-16(21-2)18(17(9-15)22-3)23-11-14-6-4-13(10-19)5-7-14/h4-9,12,20H,11H2,1-3H3. The quantitative estimate of drug-likeness (QED) is 0.886. The van der Waals surface area contributed by atoms with Gasteiger partial charge in [-0.1, -0.05) is 12.1 Å². The van der Waals surface area contributed by atoms with Gasteiger partial charge in [0.05, 0.1) is 32.0 Å². The van der Waals surface area contributed by atoms with Crippen LogP contribution >= 0.6 is 0 Å². The molecule has 0 aliphatic heterocycles. The number of aliphatic hydroxyl groups is 1. The molecule has 0 aliphatic rings. The highest BCUT2D eigenvalue weighted by atomic mass is 16.5. The van der Waals surface area contributed by atoms with Gasteiger partial charge in [-0.05, 0) is 42.3 Å². The fourth-order valence-electron chi connectivity index (χ4n) is 2.11. The molecule has 120 valence electrons. The Kier molecular flexibility index (Phi) is 5.45. The third kappa shape index (κ3) is 3.93. The molecule has 0 radical (unpaired) electrons. The first-order valence-corrected chi connectivity index (χ1v) is 7.14. The van der Waals surface area contributed by atoms with Crippen LogP contribution in [0.15, 0.2) is 36.4 Å². The van der Waals surface area contributed by atoms with Crippen LogP contribution in [0.3, 0.4) is 0 Å². The van der Waals surface area contributed by atoms with E-state index < -0.39 is 6.10 Å². The van der Waals surface area contributed by atoms with Crippen LogP contribution in [0, 0.1) is 11.3 Å². The molecule has 1 unspecified atom stereocenters. The molecule has 5 heteroatoms. The second kappa shape index (κ2) is 7.52. The molecular weight excluding hydrogens is 294 g/mol. The van der Waals surface area contributed by atoms with Crippen molar-refractivity contribution < 1.29 is 19.3 Å².